The summed E-state index contributed by atoms with van der Waals surface area (Å²) in [6.45, 7) is 9.17. The van der Waals surface area contributed by atoms with E-state index in [9.17, 15) is 4.79 Å². The number of hydrogen-bond donors (Lipinski definition) is 0. The van der Waals surface area contributed by atoms with Crippen molar-refractivity contribution in [3.05, 3.63) is 57.1 Å². The van der Waals surface area contributed by atoms with Crippen molar-refractivity contribution in [3.8, 4) is 6.07 Å². The number of benzene rings is 1. The molecule has 35 heavy (non-hydrogen) atoms. The summed E-state index contributed by atoms with van der Waals surface area (Å²) in [6, 6.07) is 11.2. The van der Waals surface area contributed by atoms with Gasteiger partial charge in [0.25, 0.3) is 5.56 Å². The van der Waals surface area contributed by atoms with Gasteiger partial charge in [-0.2, -0.15) is 5.26 Å². The number of aryl methyl sites for hydroxylation is 2. The molecule has 0 spiro atoms. The van der Waals surface area contributed by atoms with Gasteiger partial charge in [-0.1, -0.05) is 19.9 Å². The molecule has 0 radical (unpaired) electrons. The van der Waals surface area contributed by atoms with E-state index in [0.29, 0.717) is 11.7 Å². The van der Waals surface area contributed by atoms with Crippen LogP contribution in [0.2, 0.25) is 0 Å². The third kappa shape index (κ3) is 4.21. The second-order valence-electron chi connectivity index (χ2n) is 9.26. The minimum Gasteiger partial charge on any atom is -0.363 e. The molecule has 182 valence electrons. The summed E-state index contributed by atoms with van der Waals surface area (Å²) in [5, 5.41) is 10.2. The number of rotatable bonds is 6. The zero-order valence-electron chi connectivity index (χ0n) is 20.7. The number of nitrogens with zero attached hydrogens (tertiary/aromatic N) is 7. The van der Waals surface area contributed by atoms with Crippen molar-refractivity contribution in [2.24, 2.45) is 7.05 Å². The van der Waals surface area contributed by atoms with E-state index in [-0.39, 0.29) is 18.0 Å². The fraction of sp³-hybridized carbons (Fsp3) is 0.462. The van der Waals surface area contributed by atoms with E-state index in [2.05, 4.69) is 59.8 Å². The number of nitriles is 1. The summed E-state index contributed by atoms with van der Waals surface area (Å²) < 4.78 is 4.58. The van der Waals surface area contributed by atoms with Crippen molar-refractivity contribution in [2.75, 3.05) is 24.5 Å². The van der Waals surface area contributed by atoms with Crippen molar-refractivity contribution in [1.29, 1.82) is 5.26 Å². The number of hydrogen-bond acceptors (Lipinski definition) is 7. The van der Waals surface area contributed by atoms with E-state index in [1.54, 1.807) is 39.8 Å². The maximum atomic E-state index is 12.8. The van der Waals surface area contributed by atoms with Crippen LogP contribution in [0.3, 0.4) is 0 Å². The van der Waals surface area contributed by atoms with E-state index < -0.39 is 0 Å². The average Bonchev–Trinajstić information content (AvgIpc) is 3.44. The Morgan fingerprint density at radius 2 is 2.06 bits per heavy atom. The number of anilines is 1. The van der Waals surface area contributed by atoms with E-state index in [4.69, 9.17) is 10.2 Å². The van der Waals surface area contributed by atoms with Gasteiger partial charge < -0.3 is 4.90 Å². The molecule has 4 heterocycles. The highest BCUT2D eigenvalue weighted by Crippen LogP contribution is 2.33. The zero-order chi connectivity index (χ0) is 24.7. The summed E-state index contributed by atoms with van der Waals surface area (Å²) in [6.07, 6.45) is 4.02. The van der Waals surface area contributed by atoms with E-state index in [0.717, 1.165) is 54.3 Å². The van der Waals surface area contributed by atoms with Crippen LogP contribution in [0.15, 0.2) is 35.3 Å². The Morgan fingerprint density at radius 3 is 2.80 bits per heavy atom. The lowest BCUT2D eigenvalue weighted by Gasteiger charge is -2.45. The molecule has 2 atom stereocenters. The molecule has 1 fully saturated rings. The minimum absolute atomic E-state index is 0.0784. The molecule has 1 aliphatic heterocycles. The first-order valence-electron chi connectivity index (χ1n) is 12.3. The third-order valence-electron chi connectivity index (χ3n) is 7.16. The van der Waals surface area contributed by atoms with Gasteiger partial charge in [-0.3, -0.25) is 9.69 Å². The Morgan fingerprint density at radius 1 is 1.23 bits per heavy atom. The number of aromatic nitrogens is 4. The number of thiazole rings is 1. The van der Waals surface area contributed by atoms with Crippen LogP contribution >= 0.6 is 11.3 Å². The molecular weight excluding hydrogens is 458 g/mol. The highest BCUT2D eigenvalue weighted by Gasteiger charge is 2.32. The first-order chi connectivity index (χ1) is 16.9. The van der Waals surface area contributed by atoms with Gasteiger partial charge in [0.1, 0.15) is 0 Å². The summed E-state index contributed by atoms with van der Waals surface area (Å²) in [4.78, 5) is 27.0. The Balaban J connectivity index is 1.46. The molecule has 0 amide bonds. The molecule has 8 nitrogen and oxygen atoms in total. The molecule has 1 aromatic carbocycles. The maximum absolute atomic E-state index is 12.8. The van der Waals surface area contributed by atoms with Crippen LogP contribution in [-0.2, 0) is 13.5 Å². The molecule has 5 rings (SSSR count). The molecule has 2 unspecified atom stereocenters. The Labute approximate surface area is 209 Å². The first-order valence-corrected chi connectivity index (χ1v) is 13.1. The van der Waals surface area contributed by atoms with Gasteiger partial charge in [-0.15, -0.1) is 11.3 Å². The normalized spacial score (nSPS) is 17.8. The van der Waals surface area contributed by atoms with Gasteiger partial charge in [0.05, 0.1) is 45.3 Å². The van der Waals surface area contributed by atoms with Crippen molar-refractivity contribution in [1.82, 2.24) is 24.1 Å². The topological polar surface area (TPSA) is 82.5 Å². The predicted octanol–water partition coefficient (Wildman–Crippen LogP) is 4.07. The Kier molecular flexibility index (Phi) is 6.34. The van der Waals surface area contributed by atoms with Gasteiger partial charge in [0, 0.05) is 44.8 Å². The molecule has 0 N–H and O–H groups in total. The molecule has 1 aliphatic rings. The molecule has 0 saturated carbocycles. The van der Waals surface area contributed by atoms with Crippen LogP contribution in [0, 0.1) is 18.3 Å². The Hall–Kier alpha value is -3.22. The maximum Gasteiger partial charge on any atom is 0.267 e. The van der Waals surface area contributed by atoms with Crippen LogP contribution in [-0.4, -0.2) is 49.7 Å². The van der Waals surface area contributed by atoms with Gasteiger partial charge in [0.15, 0.2) is 5.65 Å². The van der Waals surface area contributed by atoms with E-state index >= 15 is 0 Å². The van der Waals surface area contributed by atoms with Crippen molar-refractivity contribution >= 4 is 32.9 Å². The smallest absolute Gasteiger partial charge is 0.267 e. The first kappa shape index (κ1) is 23.5. The van der Waals surface area contributed by atoms with Gasteiger partial charge in [-0.05, 0) is 37.5 Å². The van der Waals surface area contributed by atoms with Crippen molar-refractivity contribution in [3.63, 3.8) is 0 Å². The van der Waals surface area contributed by atoms with E-state index in [1.165, 1.54) is 10.3 Å². The van der Waals surface area contributed by atoms with Crippen molar-refractivity contribution < 1.29 is 0 Å². The second kappa shape index (κ2) is 9.44. The third-order valence-corrected chi connectivity index (χ3v) is 8.09. The molecule has 3 aromatic heterocycles. The van der Waals surface area contributed by atoms with Crippen LogP contribution in [0.4, 0.5) is 5.69 Å². The summed E-state index contributed by atoms with van der Waals surface area (Å²) in [5.74, 6) is 0. The largest absolute Gasteiger partial charge is 0.363 e. The minimum atomic E-state index is -0.0784. The molecule has 0 aliphatic carbocycles. The predicted molar refractivity (Wildman–Crippen MR) is 140 cm³/mol. The molecule has 9 heteroatoms. The lowest BCUT2D eigenvalue weighted by atomic mass is 9.99. The summed E-state index contributed by atoms with van der Waals surface area (Å²) in [5.41, 5.74) is 4.62. The van der Waals surface area contributed by atoms with Crippen LogP contribution in [0.1, 0.15) is 49.0 Å². The van der Waals surface area contributed by atoms with Gasteiger partial charge >= 0.3 is 0 Å². The molecule has 0 bridgehead atoms. The highest BCUT2D eigenvalue weighted by molar-refractivity contribution is 7.18. The molecule has 1 saturated heterocycles. The summed E-state index contributed by atoms with van der Waals surface area (Å²) in [7, 11) is 1.74. The lowest BCUT2D eigenvalue weighted by molar-refractivity contribution is 0.154. The van der Waals surface area contributed by atoms with Crippen LogP contribution in [0.25, 0.3) is 15.9 Å². The fourth-order valence-corrected chi connectivity index (χ4v) is 6.25. The average molecular weight is 490 g/mol. The van der Waals surface area contributed by atoms with Gasteiger partial charge in [-0.25, -0.2) is 19.2 Å². The fourth-order valence-electron chi connectivity index (χ4n) is 5.38. The zero-order valence-corrected chi connectivity index (χ0v) is 21.5. The van der Waals surface area contributed by atoms with Crippen molar-refractivity contribution in [2.45, 2.75) is 52.1 Å². The monoisotopic (exact) mass is 489 g/mol. The molecule has 4 aromatic rings. The number of fused-ring (bicyclic) bond motifs is 2. The number of imidazole rings is 1. The lowest BCUT2D eigenvalue weighted by Crippen LogP contribution is -2.54. The quantitative estimate of drug-likeness (QED) is 0.406. The second-order valence-corrected chi connectivity index (χ2v) is 10.5. The molecular formula is C26H31N7OS. The standard InChI is InChI=1S/C26H31N7OS/c1-5-20-16-31(22(6-2)18-7-8-21-24(13-18)35-17(3)28-21)11-12-32(20)23-14-25(34)30(4)33-15-19(9-10-27)29-26(23)33/h7-8,13-15,20,22H,5-6,9,11-12,16H2,1-4H3. The number of piperazine rings is 1. The SMILES string of the molecule is CCC(c1ccc2nc(C)sc2c1)N1CCN(c2cc(=O)n(C)n3cc(CC#N)nc23)C(CC)C1. The van der Waals surface area contributed by atoms with Gasteiger partial charge in [0.2, 0.25) is 0 Å². The van der Waals surface area contributed by atoms with Crippen LogP contribution in [0.5, 0.6) is 0 Å². The highest BCUT2D eigenvalue weighted by atomic mass is 32.1. The van der Waals surface area contributed by atoms with E-state index in [1.807, 2.05) is 0 Å². The Bertz CT molecular complexity index is 1480. The van der Waals surface area contributed by atoms with Crippen LogP contribution < -0.4 is 10.5 Å². The summed E-state index contributed by atoms with van der Waals surface area (Å²) >= 11 is 1.75.